The fourth-order valence-electron chi connectivity index (χ4n) is 0.627. The van der Waals surface area contributed by atoms with E-state index in [2.05, 4.69) is 0 Å². The lowest BCUT2D eigenvalue weighted by molar-refractivity contribution is 0.506. The Bertz CT molecular complexity index is 274. The summed E-state index contributed by atoms with van der Waals surface area (Å²) < 4.78 is 37.3. The summed E-state index contributed by atoms with van der Waals surface area (Å²) in [6, 6.07) is 0.633. The van der Waals surface area contributed by atoms with E-state index >= 15 is 0 Å². The summed E-state index contributed by atoms with van der Waals surface area (Å²) in [5.41, 5.74) is 3.37. The van der Waals surface area contributed by atoms with Gasteiger partial charge in [-0.25, -0.2) is 13.2 Å². The maximum atomic E-state index is 12.4. The molecule has 0 unspecified atom stereocenters. The molecule has 0 aliphatic carbocycles. The Morgan fingerprint density at radius 2 is 1.73 bits per heavy atom. The largest absolute Gasteiger partial charge is 0.394 e. The Kier molecular flexibility index (Phi) is 1.80. The molecule has 1 nitrogen and oxygen atoms in total. The van der Waals surface area contributed by atoms with Crippen LogP contribution in [0.2, 0.25) is 0 Å². The lowest BCUT2D eigenvalue weighted by Gasteiger charge is -2.02. The van der Waals surface area contributed by atoms with E-state index in [0.717, 1.165) is 0 Å². The van der Waals surface area contributed by atoms with Gasteiger partial charge in [0.05, 0.1) is 0 Å². The topological polar surface area (TPSA) is 26.0 Å². The molecule has 0 aliphatic heterocycles. The zero-order valence-corrected chi connectivity index (χ0v) is 5.37. The van der Waals surface area contributed by atoms with Crippen LogP contribution in [-0.4, -0.2) is 7.85 Å². The van der Waals surface area contributed by atoms with Crippen LogP contribution in [0.5, 0.6) is 0 Å². The summed E-state index contributed by atoms with van der Waals surface area (Å²) in [5.74, 6) is -3.81. The Labute approximate surface area is 62.4 Å². The Hall–Kier alpha value is -1.13. The summed E-state index contributed by atoms with van der Waals surface area (Å²) in [7, 11) is 4.88. The quantitative estimate of drug-likeness (QED) is 0.330. The molecule has 0 heterocycles. The number of nitrogen functional groups attached to an aromatic ring is 1. The number of nitrogens with two attached hydrogens (primary N) is 1. The standard InChI is InChI=1S/C6H3BF3N/c7-2-1-3(8)6(11)5(10)4(2)9/h1H,11H2. The molecule has 1 rings (SSSR count). The van der Waals surface area contributed by atoms with Crippen molar-refractivity contribution in [3.8, 4) is 0 Å². The lowest BCUT2D eigenvalue weighted by atomic mass is 9.95. The third-order valence-corrected chi connectivity index (χ3v) is 1.22. The molecule has 11 heavy (non-hydrogen) atoms. The highest BCUT2D eigenvalue weighted by atomic mass is 19.2. The lowest BCUT2D eigenvalue weighted by Crippen LogP contribution is -2.14. The van der Waals surface area contributed by atoms with E-state index < -0.39 is 28.6 Å². The molecule has 5 heteroatoms. The minimum Gasteiger partial charge on any atom is -0.394 e. The second-order valence-corrected chi connectivity index (χ2v) is 1.99. The second-order valence-electron chi connectivity index (χ2n) is 1.99. The molecule has 0 spiro atoms. The van der Waals surface area contributed by atoms with Gasteiger partial charge in [0.25, 0.3) is 0 Å². The second kappa shape index (κ2) is 2.49. The molecule has 2 radical (unpaired) electrons. The van der Waals surface area contributed by atoms with E-state index in [1.165, 1.54) is 0 Å². The van der Waals surface area contributed by atoms with E-state index in [0.29, 0.717) is 6.07 Å². The first-order chi connectivity index (χ1) is 5.04. The van der Waals surface area contributed by atoms with E-state index in [-0.39, 0.29) is 0 Å². The average Bonchev–Trinajstić information content (AvgIpc) is 1.97. The molecule has 0 saturated carbocycles. The maximum absolute atomic E-state index is 12.4. The van der Waals surface area contributed by atoms with Crippen molar-refractivity contribution >= 4 is 19.0 Å². The van der Waals surface area contributed by atoms with Crippen LogP contribution in [0.25, 0.3) is 0 Å². The molecule has 0 aromatic heterocycles. The molecule has 0 amide bonds. The minimum absolute atomic E-state index is 0.589. The van der Waals surface area contributed by atoms with Crippen LogP contribution in [0.3, 0.4) is 0 Å². The number of hydrogen-bond donors (Lipinski definition) is 1. The van der Waals surface area contributed by atoms with Gasteiger partial charge in [0.15, 0.2) is 11.6 Å². The van der Waals surface area contributed by atoms with Crippen LogP contribution < -0.4 is 11.2 Å². The molecule has 1 aromatic carbocycles. The van der Waals surface area contributed by atoms with E-state index in [4.69, 9.17) is 13.6 Å². The van der Waals surface area contributed by atoms with Crippen molar-refractivity contribution in [1.29, 1.82) is 0 Å². The predicted octanol–water partition coefficient (Wildman–Crippen LogP) is 0.480. The zero-order valence-electron chi connectivity index (χ0n) is 5.37. The number of rotatable bonds is 0. The van der Waals surface area contributed by atoms with Gasteiger partial charge in [-0.15, -0.1) is 0 Å². The molecule has 0 atom stereocenters. The summed E-state index contributed by atoms with van der Waals surface area (Å²) >= 11 is 0. The van der Waals surface area contributed by atoms with Gasteiger partial charge in [-0.1, -0.05) is 5.46 Å². The third-order valence-electron chi connectivity index (χ3n) is 1.22. The molecule has 0 bridgehead atoms. The van der Waals surface area contributed by atoms with Crippen LogP contribution in [0, 0.1) is 17.5 Å². The highest BCUT2D eigenvalue weighted by Gasteiger charge is 2.12. The van der Waals surface area contributed by atoms with Gasteiger partial charge in [0.1, 0.15) is 19.4 Å². The monoisotopic (exact) mass is 157 g/mol. The Balaban J connectivity index is 3.46. The van der Waals surface area contributed by atoms with Gasteiger partial charge >= 0.3 is 0 Å². The van der Waals surface area contributed by atoms with Gasteiger partial charge in [-0.05, 0) is 6.07 Å². The number of halogens is 3. The fraction of sp³-hybridized carbons (Fsp3) is 0. The molecule has 56 valence electrons. The summed E-state index contributed by atoms with van der Waals surface area (Å²) in [6.45, 7) is 0. The number of anilines is 1. The van der Waals surface area contributed by atoms with Gasteiger partial charge in [0.2, 0.25) is 0 Å². The van der Waals surface area contributed by atoms with Gasteiger partial charge < -0.3 is 5.73 Å². The van der Waals surface area contributed by atoms with Gasteiger partial charge in [0, 0.05) is 0 Å². The molecular formula is C6H3BF3N. The van der Waals surface area contributed by atoms with E-state index in [9.17, 15) is 13.2 Å². The zero-order chi connectivity index (χ0) is 8.59. The van der Waals surface area contributed by atoms with Crippen LogP contribution >= 0.6 is 0 Å². The smallest absolute Gasteiger partial charge is 0.184 e. The molecule has 0 aliphatic rings. The van der Waals surface area contributed by atoms with Crippen molar-refractivity contribution in [3.05, 3.63) is 23.5 Å². The van der Waals surface area contributed by atoms with E-state index in [1.54, 1.807) is 0 Å². The SMILES string of the molecule is [B]c1cc(F)c(N)c(F)c1F. The van der Waals surface area contributed by atoms with Crippen molar-refractivity contribution in [1.82, 2.24) is 0 Å². The minimum atomic E-state index is -1.44. The fourth-order valence-corrected chi connectivity index (χ4v) is 0.627. The highest BCUT2D eigenvalue weighted by Crippen LogP contribution is 2.15. The van der Waals surface area contributed by atoms with Crippen molar-refractivity contribution in [2.24, 2.45) is 0 Å². The van der Waals surface area contributed by atoms with Crippen LogP contribution in [0.4, 0.5) is 18.9 Å². The predicted molar refractivity (Wildman–Crippen MR) is 36.1 cm³/mol. The summed E-state index contributed by atoms with van der Waals surface area (Å²) in [5, 5.41) is 0. The Morgan fingerprint density at radius 3 is 2.27 bits per heavy atom. The van der Waals surface area contributed by atoms with Crippen molar-refractivity contribution in [2.75, 3.05) is 5.73 Å². The summed E-state index contributed by atoms with van der Waals surface area (Å²) in [6.07, 6.45) is 0. The molecule has 2 N–H and O–H groups in total. The van der Waals surface area contributed by atoms with Crippen molar-refractivity contribution in [3.63, 3.8) is 0 Å². The Morgan fingerprint density at radius 1 is 1.18 bits per heavy atom. The van der Waals surface area contributed by atoms with Crippen molar-refractivity contribution < 1.29 is 13.2 Å². The van der Waals surface area contributed by atoms with Crippen molar-refractivity contribution in [2.45, 2.75) is 0 Å². The number of hydrogen-bond acceptors (Lipinski definition) is 1. The van der Waals surface area contributed by atoms with Crippen LogP contribution in [-0.2, 0) is 0 Å². The molecule has 0 fully saturated rings. The first-order valence-corrected chi connectivity index (χ1v) is 2.72. The highest BCUT2D eigenvalue weighted by molar-refractivity contribution is 6.32. The van der Waals surface area contributed by atoms with Crippen LogP contribution in [0.1, 0.15) is 0 Å². The third kappa shape index (κ3) is 1.18. The van der Waals surface area contributed by atoms with Gasteiger partial charge in [-0.3, -0.25) is 0 Å². The summed E-state index contributed by atoms with van der Waals surface area (Å²) in [4.78, 5) is 0. The first-order valence-electron chi connectivity index (χ1n) is 2.72. The first kappa shape index (κ1) is 7.98. The maximum Gasteiger partial charge on any atom is 0.184 e. The average molecular weight is 157 g/mol. The number of benzene rings is 1. The normalized spacial score (nSPS) is 10.1. The van der Waals surface area contributed by atoms with Gasteiger partial charge in [-0.2, -0.15) is 0 Å². The van der Waals surface area contributed by atoms with E-state index in [1.807, 2.05) is 0 Å². The molecular weight excluding hydrogens is 154 g/mol. The molecule has 0 saturated heterocycles. The molecule has 1 aromatic rings. The van der Waals surface area contributed by atoms with Crippen LogP contribution in [0.15, 0.2) is 6.07 Å².